The van der Waals surface area contributed by atoms with E-state index in [4.69, 9.17) is 16.9 Å². The Bertz CT molecular complexity index is 550. The lowest BCUT2D eigenvalue weighted by Crippen LogP contribution is -1.93. The van der Waals surface area contributed by atoms with E-state index in [1.807, 2.05) is 24.6 Å². The van der Waals surface area contributed by atoms with E-state index in [0.29, 0.717) is 16.7 Å². The van der Waals surface area contributed by atoms with Gasteiger partial charge in [0.2, 0.25) is 0 Å². The fourth-order valence-corrected chi connectivity index (χ4v) is 1.46. The predicted molar refractivity (Wildman–Crippen MR) is 53.0 cm³/mol. The first-order chi connectivity index (χ1) is 6.63. The summed E-state index contributed by atoms with van der Waals surface area (Å²) in [6, 6.07) is 3.62. The van der Waals surface area contributed by atoms with E-state index in [1.165, 1.54) is 0 Å². The van der Waals surface area contributed by atoms with Crippen LogP contribution >= 0.6 is 11.6 Å². The molecule has 0 aromatic carbocycles. The molecule has 5 heteroatoms. The van der Waals surface area contributed by atoms with Gasteiger partial charge in [0.1, 0.15) is 22.6 Å². The quantitative estimate of drug-likeness (QED) is 0.618. The molecule has 14 heavy (non-hydrogen) atoms. The molecule has 70 valence electrons. The number of pyridine rings is 1. The van der Waals surface area contributed by atoms with Crippen LogP contribution < -0.4 is 0 Å². The summed E-state index contributed by atoms with van der Waals surface area (Å²) in [5, 5.41) is 8.97. The smallest absolute Gasteiger partial charge is 0.161 e. The SMILES string of the molecule is Cc1nc2cc(C#N)c(Cl)nc2n1C. The maximum absolute atomic E-state index is 8.74. The molecule has 2 aromatic heterocycles. The second-order valence-corrected chi connectivity index (χ2v) is 3.36. The van der Waals surface area contributed by atoms with E-state index in [9.17, 15) is 0 Å². The fourth-order valence-electron chi connectivity index (χ4n) is 1.28. The molecule has 0 spiro atoms. The number of halogens is 1. The van der Waals surface area contributed by atoms with Crippen molar-refractivity contribution in [3.8, 4) is 6.07 Å². The van der Waals surface area contributed by atoms with Crippen molar-refractivity contribution in [3.63, 3.8) is 0 Å². The fraction of sp³-hybridized carbons (Fsp3) is 0.222. The zero-order chi connectivity index (χ0) is 10.3. The summed E-state index contributed by atoms with van der Waals surface area (Å²) in [7, 11) is 1.86. The van der Waals surface area contributed by atoms with Crippen LogP contribution in [-0.2, 0) is 7.05 Å². The van der Waals surface area contributed by atoms with E-state index < -0.39 is 0 Å². The van der Waals surface area contributed by atoms with E-state index >= 15 is 0 Å². The van der Waals surface area contributed by atoms with Crippen molar-refractivity contribution in [1.29, 1.82) is 5.26 Å². The van der Waals surface area contributed by atoms with Crippen molar-refractivity contribution >= 4 is 22.8 Å². The summed E-state index contributed by atoms with van der Waals surface area (Å²) in [5.74, 6) is 0.846. The third-order valence-electron chi connectivity index (χ3n) is 2.14. The molecule has 0 saturated heterocycles. The zero-order valence-electron chi connectivity index (χ0n) is 7.74. The predicted octanol–water partition coefficient (Wildman–Crippen LogP) is 1.80. The normalized spacial score (nSPS) is 10.4. The molecule has 2 heterocycles. The highest BCUT2D eigenvalue weighted by atomic mass is 35.5. The maximum Gasteiger partial charge on any atom is 0.161 e. The van der Waals surface area contributed by atoms with Crippen molar-refractivity contribution in [2.45, 2.75) is 6.92 Å². The van der Waals surface area contributed by atoms with Crippen molar-refractivity contribution in [1.82, 2.24) is 14.5 Å². The highest BCUT2D eigenvalue weighted by Gasteiger charge is 2.09. The van der Waals surface area contributed by atoms with Gasteiger partial charge in [-0.05, 0) is 13.0 Å². The second kappa shape index (κ2) is 2.96. The van der Waals surface area contributed by atoms with E-state index in [-0.39, 0.29) is 5.15 Å². The Labute approximate surface area is 85.8 Å². The number of aromatic nitrogens is 3. The van der Waals surface area contributed by atoms with Gasteiger partial charge in [-0.3, -0.25) is 0 Å². The molecule has 2 aromatic rings. The van der Waals surface area contributed by atoms with Crippen molar-refractivity contribution in [3.05, 3.63) is 22.6 Å². The van der Waals surface area contributed by atoms with Crippen molar-refractivity contribution in [2.24, 2.45) is 7.05 Å². The van der Waals surface area contributed by atoms with Gasteiger partial charge in [-0.2, -0.15) is 5.26 Å². The number of nitrogens with zero attached hydrogens (tertiary/aromatic N) is 4. The number of rotatable bonds is 0. The van der Waals surface area contributed by atoms with Gasteiger partial charge in [-0.1, -0.05) is 11.6 Å². The monoisotopic (exact) mass is 206 g/mol. The summed E-state index contributed by atoms with van der Waals surface area (Å²) >= 11 is 5.81. The average molecular weight is 207 g/mol. The second-order valence-electron chi connectivity index (χ2n) is 3.00. The van der Waals surface area contributed by atoms with Crippen LogP contribution in [0.25, 0.3) is 11.2 Å². The Morgan fingerprint density at radius 2 is 2.21 bits per heavy atom. The Morgan fingerprint density at radius 1 is 1.50 bits per heavy atom. The molecular formula is C9H7ClN4. The summed E-state index contributed by atoms with van der Waals surface area (Å²) in [6.45, 7) is 1.88. The van der Waals surface area contributed by atoms with E-state index in [2.05, 4.69) is 9.97 Å². The topological polar surface area (TPSA) is 54.5 Å². The molecule has 0 N–H and O–H groups in total. The summed E-state index contributed by atoms with van der Waals surface area (Å²) < 4.78 is 1.84. The zero-order valence-corrected chi connectivity index (χ0v) is 8.50. The number of hydrogen-bond acceptors (Lipinski definition) is 3. The molecule has 0 atom stereocenters. The lowest BCUT2D eigenvalue weighted by Gasteiger charge is -1.96. The average Bonchev–Trinajstić information content (AvgIpc) is 2.43. The van der Waals surface area contributed by atoms with Crippen LogP contribution in [0.15, 0.2) is 6.07 Å². The minimum atomic E-state index is 0.225. The number of nitriles is 1. The summed E-state index contributed by atoms with van der Waals surface area (Å²) in [6.07, 6.45) is 0. The van der Waals surface area contributed by atoms with Gasteiger partial charge in [0.05, 0.1) is 5.56 Å². The first-order valence-electron chi connectivity index (χ1n) is 4.03. The van der Waals surface area contributed by atoms with Crippen LogP contribution in [0, 0.1) is 18.3 Å². The standard InChI is InChI=1S/C9H7ClN4/c1-5-12-7-3-6(4-11)8(10)13-9(7)14(5)2/h3H,1-2H3. The van der Waals surface area contributed by atoms with Crippen LogP contribution in [0.3, 0.4) is 0 Å². The van der Waals surface area contributed by atoms with Gasteiger partial charge in [0.15, 0.2) is 5.65 Å². The van der Waals surface area contributed by atoms with Gasteiger partial charge < -0.3 is 4.57 Å². The summed E-state index contributed by atoms with van der Waals surface area (Å²) in [4.78, 5) is 8.36. The number of aryl methyl sites for hydroxylation is 2. The van der Waals surface area contributed by atoms with Gasteiger partial charge in [0.25, 0.3) is 0 Å². The molecule has 0 radical (unpaired) electrons. The Morgan fingerprint density at radius 3 is 2.86 bits per heavy atom. The molecule has 0 aliphatic carbocycles. The van der Waals surface area contributed by atoms with Crippen LogP contribution in [0.5, 0.6) is 0 Å². The molecule has 0 aliphatic rings. The van der Waals surface area contributed by atoms with Crippen LogP contribution in [-0.4, -0.2) is 14.5 Å². The largest absolute Gasteiger partial charge is 0.316 e. The van der Waals surface area contributed by atoms with E-state index in [0.717, 1.165) is 5.82 Å². The van der Waals surface area contributed by atoms with Gasteiger partial charge >= 0.3 is 0 Å². The van der Waals surface area contributed by atoms with Crippen LogP contribution in [0.1, 0.15) is 11.4 Å². The Balaban J connectivity index is 2.88. The highest BCUT2D eigenvalue weighted by Crippen LogP contribution is 2.19. The minimum Gasteiger partial charge on any atom is -0.316 e. The first-order valence-corrected chi connectivity index (χ1v) is 4.41. The third-order valence-corrected chi connectivity index (χ3v) is 2.43. The molecule has 0 aliphatic heterocycles. The molecular weight excluding hydrogens is 200 g/mol. The van der Waals surface area contributed by atoms with Gasteiger partial charge in [-0.25, -0.2) is 9.97 Å². The lowest BCUT2D eigenvalue weighted by molar-refractivity contribution is 0.874. The van der Waals surface area contributed by atoms with Crippen LogP contribution in [0.4, 0.5) is 0 Å². The minimum absolute atomic E-state index is 0.225. The molecule has 0 bridgehead atoms. The molecule has 0 unspecified atom stereocenters. The first kappa shape index (κ1) is 8.97. The molecule has 4 nitrogen and oxygen atoms in total. The highest BCUT2D eigenvalue weighted by molar-refractivity contribution is 6.30. The third kappa shape index (κ3) is 1.14. The van der Waals surface area contributed by atoms with Crippen molar-refractivity contribution in [2.75, 3.05) is 0 Å². The van der Waals surface area contributed by atoms with Gasteiger partial charge in [0, 0.05) is 7.05 Å². The van der Waals surface area contributed by atoms with Crippen LogP contribution in [0.2, 0.25) is 5.15 Å². The lowest BCUT2D eigenvalue weighted by atomic mass is 10.3. The molecule has 0 saturated carbocycles. The van der Waals surface area contributed by atoms with Crippen molar-refractivity contribution < 1.29 is 0 Å². The number of imidazole rings is 1. The maximum atomic E-state index is 8.74. The molecule has 2 rings (SSSR count). The van der Waals surface area contributed by atoms with Gasteiger partial charge in [-0.15, -0.1) is 0 Å². The number of fused-ring (bicyclic) bond motifs is 1. The Hall–Kier alpha value is -1.60. The summed E-state index contributed by atoms with van der Waals surface area (Å²) in [5.41, 5.74) is 1.76. The van der Waals surface area contributed by atoms with E-state index in [1.54, 1.807) is 6.07 Å². The number of hydrogen-bond donors (Lipinski definition) is 0. The molecule has 0 fully saturated rings. The Kier molecular flexibility index (Phi) is 1.90. The molecule has 0 amide bonds.